The zero-order chi connectivity index (χ0) is 20.3. The number of rotatable bonds is 5. The smallest absolute Gasteiger partial charge is 0.255 e. The van der Waals surface area contributed by atoms with Crippen LogP contribution in [0.15, 0.2) is 42.6 Å². The maximum atomic E-state index is 13.6. The number of carbonyl (C=O) groups excluding carboxylic acids is 1. The summed E-state index contributed by atoms with van der Waals surface area (Å²) in [6.45, 7) is 6.59. The van der Waals surface area contributed by atoms with Crippen molar-refractivity contribution in [2.75, 3.05) is 13.1 Å². The molecular weight excluding hydrogens is 359 g/mol. The number of likely N-dealkylation sites (tertiary alicyclic amines) is 1. The number of halogens is 1. The first-order valence-corrected chi connectivity index (χ1v) is 9.63. The number of hydrogen-bond acceptors (Lipinski definition) is 4. The molecule has 1 aromatic heterocycles. The Bertz CT molecular complexity index is 825. The standard InChI is InChI=1S/C22H27FN2O3/c1-15(2)12-22(27)9-10-25(21(26)17-8-7-16(3)24-13-17)14-20(22)28-19-6-4-5-18(23)11-19/h4-8,11,13,15,20,27H,9-10,12,14H2,1-3H3/t20-,22+/m0/s1. The number of benzene rings is 1. The van der Waals surface area contributed by atoms with E-state index in [-0.39, 0.29) is 18.4 Å². The van der Waals surface area contributed by atoms with Crippen LogP contribution in [0.25, 0.3) is 0 Å². The number of aliphatic hydroxyl groups is 1. The summed E-state index contributed by atoms with van der Waals surface area (Å²) in [6.07, 6.45) is 1.86. The number of aryl methyl sites for hydroxylation is 1. The summed E-state index contributed by atoms with van der Waals surface area (Å²) >= 11 is 0. The molecule has 1 aromatic carbocycles. The molecule has 28 heavy (non-hydrogen) atoms. The van der Waals surface area contributed by atoms with Crippen molar-refractivity contribution in [2.45, 2.75) is 45.3 Å². The molecule has 2 aromatic rings. The molecule has 0 saturated carbocycles. The fourth-order valence-corrected chi connectivity index (χ4v) is 3.70. The third-order valence-electron chi connectivity index (χ3n) is 5.08. The van der Waals surface area contributed by atoms with Crippen molar-refractivity contribution in [1.82, 2.24) is 9.88 Å². The third kappa shape index (κ3) is 4.68. The van der Waals surface area contributed by atoms with E-state index >= 15 is 0 Å². The molecule has 0 aliphatic carbocycles. The number of piperidine rings is 1. The number of carbonyl (C=O) groups is 1. The van der Waals surface area contributed by atoms with Crippen LogP contribution in [0.3, 0.4) is 0 Å². The Morgan fingerprint density at radius 1 is 1.39 bits per heavy atom. The van der Waals surface area contributed by atoms with E-state index in [2.05, 4.69) is 4.98 Å². The number of ether oxygens (including phenoxy) is 1. The lowest BCUT2D eigenvalue weighted by atomic mass is 9.81. The van der Waals surface area contributed by atoms with Crippen LogP contribution in [0, 0.1) is 18.7 Å². The van der Waals surface area contributed by atoms with Crippen molar-refractivity contribution in [2.24, 2.45) is 5.92 Å². The van der Waals surface area contributed by atoms with Crippen LogP contribution in [0.1, 0.15) is 42.7 Å². The fraction of sp³-hybridized carbons (Fsp3) is 0.455. The van der Waals surface area contributed by atoms with E-state index in [1.165, 1.54) is 12.1 Å². The van der Waals surface area contributed by atoms with Gasteiger partial charge in [0.05, 0.1) is 12.1 Å². The molecule has 150 valence electrons. The first-order chi connectivity index (χ1) is 13.3. The van der Waals surface area contributed by atoms with Gasteiger partial charge in [0, 0.05) is 24.5 Å². The van der Waals surface area contributed by atoms with Crippen molar-refractivity contribution in [1.29, 1.82) is 0 Å². The van der Waals surface area contributed by atoms with Gasteiger partial charge in [-0.1, -0.05) is 19.9 Å². The lowest BCUT2D eigenvalue weighted by Crippen LogP contribution is -2.59. The Balaban J connectivity index is 1.82. The number of hydrogen-bond donors (Lipinski definition) is 1. The normalized spacial score (nSPS) is 22.4. The lowest BCUT2D eigenvalue weighted by molar-refractivity contribution is -0.111. The van der Waals surface area contributed by atoms with Gasteiger partial charge in [-0.2, -0.15) is 0 Å². The molecule has 1 amide bonds. The average molecular weight is 386 g/mol. The van der Waals surface area contributed by atoms with Crippen LogP contribution in [0.2, 0.25) is 0 Å². The predicted molar refractivity (Wildman–Crippen MR) is 105 cm³/mol. The van der Waals surface area contributed by atoms with Gasteiger partial charge in [-0.3, -0.25) is 9.78 Å². The molecule has 1 aliphatic heterocycles. The molecule has 6 heteroatoms. The predicted octanol–water partition coefficient (Wildman–Crippen LogP) is 3.60. The Labute approximate surface area is 165 Å². The second kappa shape index (κ2) is 8.27. The topological polar surface area (TPSA) is 62.7 Å². The molecule has 1 fully saturated rings. The summed E-state index contributed by atoms with van der Waals surface area (Å²) in [6, 6.07) is 9.41. The van der Waals surface area contributed by atoms with Crippen LogP contribution in [0.5, 0.6) is 5.75 Å². The van der Waals surface area contributed by atoms with Crippen molar-refractivity contribution < 1.29 is 19.0 Å². The van der Waals surface area contributed by atoms with E-state index < -0.39 is 17.5 Å². The highest BCUT2D eigenvalue weighted by atomic mass is 19.1. The van der Waals surface area contributed by atoms with E-state index in [0.717, 1.165) is 5.69 Å². The first kappa shape index (κ1) is 20.3. The molecule has 0 bridgehead atoms. The van der Waals surface area contributed by atoms with Crippen molar-refractivity contribution >= 4 is 5.91 Å². The number of aromatic nitrogens is 1. The van der Waals surface area contributed by atoms with Crippen molar-refractivity contribution in [3.8, 4) is 5.75 Å². The fourth-order valence-electron chi connectivity index (χ4n) is 3.70. The molecule has 2 atom stereocenters. The first-order valence-electron chi connectivity index (χ1n) is 9.63. The maximum absolute atomic E-state index is 13.6. The highest BCUT2D eigenvalue weighted by Gasteiger charge is 2.44. The van der Waals surface area contributed by atoms with Gasteiger partial charge >= 0.3 is 0 Å². The zero-order valence-electron chi connectivity index (χ0n) is 16.6. The minimum absolute atomic E-state index is 0.146. The molecule has 1 saturated heterocycles. The Kier molecular flexibility index (Phi) is 5.98. The number of pyridine rings is 1. The summed E-state index contributed by atoms with van der Waals surface area (Å²) in [4.78, 5) is 18.7. The molecule has 2 heterocycles. The van der Waals surface area contributed by atoms with Gasteiger partial charge in [-0.25, -0.2) is 4.39 Å². The number of nitrogens with zero attached hydrogens (tertiary/aromatic N) is 2. The Morgan fingerprint density at radius 3 is 2.82 bits per heavy atom. The van der Waals surface area contributed by atoms with Gasteiger partial charge in [0.1, 0.15) is 23.3 Å². The van der Waals surface area contributed by atoms with Gasteiger partial charge in [-0.05, 0) is 49.9 Å². The molecule has 0 spiro atoms. The maximum Gasteiger partial charge on any atom is 0.255 e. The van der Waals surface area contributed by atoms with Gasteiger partial charge in [0.2, 0.25) is 0 Å². The highest BCUT2D eigenvalue weighted by molar-refractivity contribution is 5.94. The molecular formula is C22H27FN2O3. The monoisotopic (exact) mass is 386 g/mol. The van der Waals surface area contributed by atoms with E-state index in [9.17, 15) is 14.3 Å². The van der Waals surface area contributed by atoms with Crippen LogP contribution in [-0.4, -0.2) is 45.7 Å². The van der Waals surface area contributed by atoms with Gasteiger partial charge in [0.15, 0.2) is 0 Å². The summed E-state index contributed by atoms with van der Waals surface area (Å²) in [5.74, 6) is 0.0527. The largest absolute Gasteiger partial charge is 0.485 e. The quantitative estimate of drug-likeness (QED) is 0.853. The van der Waals surface area contributed by atoms with Gasteiger partial charge < -0.3 is 14.7 Å². The highest BCUT2D eigenvalue weighted by Crippen LogP contribution is 2.33. The SMILES string of the molecule is Cc1ccc(C(=O)N2CC[C@@](O)(CC(C)C)[C@@H](Oc3cccc(F)c3)C2)cn1. The van der Waals surface area contributed by atoms with Crippen molar-refractivity contribution in [3.63, 3.8) is 0 Å². The molecule has 5 nitrogen and oxygen atoms in total. The Morgan fingerprint density at radius 2 is 2.18 bits per heavy atom. The van der Waals surface area contributed by atoms with E-state index in [1.807, 2.05) is 20.8 Å². The average Bonchev–Trinajstić information content (AvgIpc) is 2.63. The van der Waals surface area contributed by atoms with Crippen LogP contribution < -0.4 is 4.74 Å². The second-order valence-electron chi connectivity index (χ2n) is 7.95. The lowest BCUT2D eigenvalue weighted by Gasteiger charge is -2.45. The zero-order valence-corrected chi connectivity index (χ0v) is 16.6. The Hall–Kier alpha value is -2.47. The van der Waals surface area contributed by atoms with Gasteiger partial charge in [0.25, 0.3) is 5.91 Å². The minimum atomic E-state index is -1.08. The summed E-state index contributed by atoms with van der Waals surface area (Å²) in [5.41, 5.74) is 0.265. The molecule has 1 aliphatic rings. The summed E-state index contributed by atoms with van der Waals surface area (Å²) in [7, 11) is 0. The van der Waals surface area contributed by atoms with E-state index in [0.29, 0.717) is 30.7 Å². The van der Waals surface area contributed by atoms with E-state index in [1.54, 1.807) is 35.4 Å². The van der Waals surface area contributed by atoms with Crippen molar-refractivity contribution in [3.05, 3.63) is 59.7 Å². The molecule has 3 rings (SSSR count). The molecule has 1 N–H and O–H groups in total. The van der Waals surface area contributed by atoms with Gasteiger partial charge in [-0.15, -0.1) is 0 Å². The summed E-state index contributed by atoms with van der Waals surface area (Å²) in [5, 5.41) is 11.3. The second-order valence-corrected chi connectivity index (χ2v) is 7.95. The van der Waals surface area contributed by atoms with Crippen LogP contribution in [-0.2, 0) is 0 Å². The van der Waals surface area contributed by atoms with Crippen LogP contribution >= 0.6 is 0 Å². The third-order valence-corrected chi connectivity index (χ3v) is 5.08. The minimum Gasteiger partial charge on any atom is -0.485 e. The van der Waals surface area contributed by atoms with E-state index in [4.69, 9.17) is 4.74 Å². The molecule has 0 radical (unpaired) electrons. The molecule has 0 unspecified atom stereocenters. The number of amides is 1. The summed E-state index contributed by atoms with van der Waals surface area (Å²) < 4.78 is 19.6. The van der Waals surface area contributed by atoms with Crippen LogP contribution in [0.4, 0.5) is 4.39 Å².